The monoisotopic (exact) mass is 338 g/mol. The standard InChI is InChI=1S/C17H26N2O3S/c1-14-6-3-7-15(12-14)8-4-10-18-17(20)16-9-5-11-19(13-16)23(2,21)22/h3,6-7,12,16H,4-5,8-11,13H2,1-2H3,(H,18,20)/t16-/m1/s1. The highest BCUT2D eigenvalue weighted by molar-refractivity contribution is 7.88. The largest absolute Gasteiger partial charge is 0.356 e. The first-order valence-electron chi connectivity index (χ1n) is 8.14. The number of carbonyl (C=O) groups is 1. The fraction of sp³-hybridized carbons (Fsp3) is 0.588. The van der Waals surface area contributed by atoms with E-state index in [1.54, 1.807) is 0 Å². The molecular weight excluding hydrogens is 312 g/mol. The lowest BCUT2D eigenvalue weighted by Gasteiger charge is -2.30. The maximum Gasteiger partial charge on any atom is 0.224 e. The van der Waals surface area contributed by atoms with Crippen LogP contribution in [0.2, 0.25) is 0 Å². The normalized spacial score (nSPS) is 19.5. The second kappa shape index (κ2) is 7.93. The van der Waals surface area contributed by atoms with Gasteiger partial charge in [-0.2, -0.15) is 0 Å². The second-order valence-corrected chi connectivity index (χ2v) is 8.33. The molecule has 128 valence electrons. The average molecular weight is 338 g/mol. The molecule has 1 heterocycles. The Hall–Kier alpha value is -1.40. The predicted molar refractivity (Wildman–Crippen MR) is 91.7 cm³/mol. The number of amides is 1. The van der Waals surface area contributed by atoms with Crippen LogP contribution in [0.1, 0.15) is 30.4 Å². The van der Waals surface area contributed by atoms with Gasteiger partial charge in [0, 0.05) is 19.6 Å². The molecule has 2 rings (SSSR count). The van der Waals surface area contributed by atoms with Crippen LogP contribution in [0.15, 0.2) is 24.3 Å². The molecule has 5 nitrogen and oxygen atoms in total. The smallest absolute Gasteiger partial charge is 0.224 e. The Labute approximate surface area is 139 Å². The minimum atomic E-state index is -3.20. The van der Waals surface area contributed by atoms with Gasteiger partial charge in [-0.25, -0.2) is 12.7 Å². The van der Waals surface area contributed by atoms with Gasteiger partial charge in [0.2, 0.25) is 15.9 Å². The molecule has 23 heavy (non-hydrogen) atoms. The lowest BCUT2D eigenvalue weighted by atomic mass is 9.98. The van der Waals surface area contributed by atoms with E-state index in [1.165, 1.54) is 21.7 Å². The first-order valence-corrected chi connectivity index (χ1v) is 9.99. The summed E-state index contributed by atoms with van der Waals surface area (Å²) in [5, 5.41) is 2.95. The number of nitrogens with zero attached hydrogens (tertiary/aromatic N) is 1. The minimum Gasteiger partial charge on any atom is -0.356 e. The zero-order valence-corrected chi connectivity index (χ0v) is 14.7. The van der Waals surface area contributed by atoms with E-state index >= 15 is 0 Å². The summed E-state index contributed by atoms with van der Waals surface area (Å²) in [5.41, 5.74) is 2.52. The van der Waals surface area contributed by atoms with Crippen molar-refractivity contribution in [1.82, 2.24) is 9.62 Å². The number of sulfonamides is 1. The van der Waals surface area contributed by atoms with Crippen LogP contribution in [0, 0.1) is 12.8 Å². The number of aryl methyl sites for hydroxylation is 2. The molecular formula is C17H26N2O3S. The molecule has 1 aliphatic heterocycles. The number of hydrogen-bond donors (Lipinski definition) is 1. The van der Waals surface area contributed by atoms with Crippen molar-refractivity contribution in [3.63, 3.8) is 0 Å². The lowest BCUT2D eigenvalue weighted by Crippen LogP contribution is -2.45. The van der Waals surface area contributed by atoms with Crippen LogP contribution < -0.4 is 5.32 Å². The number of carbonyl (C=O) groups excluding carboxylic acids is 1. The maximum absolute atomic E-state index is 12.2. The molecule has 1 aromatic carbocycles. The lowest BCUT2D eigenvalue weighted by molar-refractivity contribution is -0.126. The van der Waals surface area contributed by atoms with Crippen molar-refractivity contribution in [2.75, 3.05) is 25.9 Å². The Morgan fingerprint density at radius 2 is 2.17 bits per heavy atom. The van der Waals surface area contributed by atoms with Crippen LogP contribution in [0.5, 0.6) is 0 Å². The van der Waals surface area contributed by atoms with E-state index in [2.05, 4.69) is 30.4 Å². The highest BCUT2D eigenvalue weighted by Crippen LogP contribution is 2.18. The summed E-state index contributed by atoms with van der Waals surface area (Å²) in [7, 11) is -3.20. The van der Waals surface area contributed by atoms with Gasteiger partial charge in [0.25, 0.3) is 0 Å². The molecule has 0 spiro atoms. The van der Waals surface area contributed by atoms with Crippen molar-refractivity contribution >= 4 is 15.9 Å². The van der Waals surface area contributed by atoms with Gasteiger partial charge in [0.1, 0.15) is 0 Å². The zero-order valence-electron chi connectivity index (χ0n) is 13.9. The van der Waals surface area contributed by atoms with Crippen LogP contribution in [-0.4, -0.2) is 44.5 Å². The van der Waals surface area contributed by atoms with E-state index in [9.17, 15) is 13.2 Å². The van der Waals surface area contributed by atoms with E-state index in [0.29, 0.717) is 19.6 Å². The fourth-order valence-electron chi connectivity index (χ4n) is 2.97. The van der Waals surface area contributed by atoms with Crippen LogP contribution in [0.25, 0.3) is 0 Å². The topological polar surface area (TPSA) is 66.5 Å². The van der Waals surface area contributed by atoms with Gasteiger partial charge >= 0.3 is 0 Å². The number of nitrogens with one attached hydrogen (secondary N) is 1. The number of piperidine rings is 1. The predicted octanol–water partition coefficient (Wildman–Crippen LogP) is 1.72. The van der Waals surface area contributed by atoms with Crippen LogP contribution in [0.3, 0.4) is 0 Å². The highest BCUT2D eigenvalue weighted by Gasteiger charge is 2.29. The van der Waals surface area contributed by atoms with Crippen LogP contribution >= 0.6 is 0 Å². The summed E-state index contributed by atoms with van der Waals surface area (Å²) >= 11 is 0. The average Bonchev–Trinajstić information content (AvgIpc) is 2.51. The Morgan fingerprint density at radius 3 is 2.87 bits per heavy atom. The molecule has 0 saturated carbocycles. The third-order valence-electron chi connectivity index (χ3n) is 4.25. The zero-order chi connectivity index (χ0) is 16.9. The summed E-state index contributed by atoms with van der Waals surface area (Å²) in [6.07, 6.45) is 4.53. The van der Waals surface area contributed by atoms with Crippen LogP contribution in [0.4, 0.5) is 0 Å². The van der Waals surface area contributed by atoms with Crippen LogP contribution in [-0.2, 0) is 21.2 Å². The van der Waals surface area contributed by atoms with E-state index in [4.69, 9.17) is 0 Å². The number of benzene rings is 1. The molecule has 1 aliphatic rings. The summed E-state index contributed by atoms with van der Waals surface area (Å²) in [6.45, 7) is 3.53. The van der Waals surface area contributed by atoms with Crippen molar-refractivity contribution in [3.8, 4) is 0 Å². The molecule has 1 saturated heterocycles. The van der Waals surface area contributed by atoms with Gasteiger partial charge in [0.15, 0.2) is 0 Å². The quantitative estimate of drug-likeness (QED) is 0.803. The van der Waals surface area contributed by atoms with Crippen molar-refractivity contribution in [3.05, 3.63) is 35.4 Å². The molecule has 1 amide bonds. The first-order chi connectivity index (χ1) is 10.9. The van der Waals surface area contributed by atoms with E-state index in [-0.39, 0.29) is 11.8 Å². The highest BCUT2D eigenvalue weighted by atomic mass is 32.2. The Bertz CT molecular complexity index is 643. The van der Waals surface area contributed by atoms with Crippen molar-refractivity contribution < 1.29 is 13.2 Å². The molecule has 6 heteroatoms. The van der Waals surface area contributed by atoms with Gasteiger partial charge < -0.3 is 5.32 Å². The Balaban J connectivity index is 1.74. The SMILES string of the molecule is Cc1cccc(CCCNC(=O)[C@@H]2CCCN(S(C)(=O)=O)C2)c1. The molecule has 0 bridgehead atoms. The molecule has 0 unspecified atom stereocenters. The van der Waals surface area contributed by atoms with E-state index in [0.717, 1.165) is 25.7 Å². The summed E-state index contributed by atoms with van der Waals surface area (Å²) < 4.78 is 24.6. The third kappa shape index (κ3) is 5.62. The van der Waals surface area contributed by atoms with Gasteiger partial charge in [0.05, 0.1) is 12.2 Å². The second-order valence-electron chi connectivity index (χ2n) is 6.34. The summed E-state index contributed by atoms with van der Waals surface area (Å²) in [4.78, 5) is 12.2. The number of hydrogen-bond acceptors (Lipinski definition) is 3. The maximum atomic E-state index is 12.2. The van der Waals surface area contributed by atoms with Gasteiger partial charge in [-0.05, 0) is 38.2 Å². The summed E-state index contributed by atoms with van der Waals surface area (Å²) in [6, 6.07) is 8.37. The van der Waals surface area contributed by atoms with Crippen molar-refractivity contribution in [1.29, 1.82) is 0 Å². The van der Waals surface area contributed by atoms with Crippen molar-refractivity contribution in [2.24, 2.45) is 5.92 Å². The van der Waals surface area contributed by atoms with E-state index < -0.39 is 10.0 Å². The molecule has 1 N–H and O–H groups in total. The molecule has 1 atom stereocenters. The van der Waals surface area contributed by atoms with Gasteiger partial charge in [-0.3, -0.25) is 4.79 Å². The Morgan fingerprint density at radius 1 is 1.39 bits per heavy atom. The third-order valence-corrected chi connectivity index (χ3v) is 5.52. The molecule has 1 fully saturated rings. The first kappa shape index (κ1) is 17.9. The van der Waals surface area contributed by atoms with Gasteiger partial charge in [-0.1, -0.05) is 29.8 Å². The number of rotatable bonds is 6. The molecule has 0 radical (unpaired) electrons. The summed E-state index contributed by atoms with van der Waals surface area (Å²) in [5.74, 6) is -0.250. The van der Waals surface area contributed by atoms with Gasteiger partial charge in [-0.15, -0.1) is 0 Å². The fourth-order valence-corrected chi connectivity index (χ4v) is 3.89. The molecule has 0 aliphatic carbocycles. The van der Waals surface area contributed by atoms with Crippen molar-refractivity contribution in [2.45, 2.75) is 32.6 Å². The molecule has 1 aromatic rings. The van der Waals surface area contributed by atoms with E-state index in [1.807, 2.05) is 6.07 Å². The minimum absolute atomic E-state index is 0.0254. The molecule has 0 aromatic heterocycles. The Kier molecular flexibility index (Phi) is 6.18.